The van der Waals surface area contributed by atoms with Gasteiger partial charge in [0.15, 0.2) is 23.7 Å². The first-order valence-electron chi connectivity index (χ1n) is 4.58. The van der Waals surface area contributed by atoms with Gasteiger partial charge in [-0.05, 0) is 19.1 Å². The van der Waals surface area contributed by atoms with E-state index in [1.165, 1.54) is 0 Å². The van der Waals surface area contributed by atoms with Crippen LogP contribution in [0.3, 0.4) is 0 Å². The number of rotatable bonds is 5. The fraction of sp³-hybridized carbons (Fsp3) is 0.400. The zero-order valence-corrected chi connectivity index (χ0v) is 8.54. The van der Waals surface area contributed by atoms with Crippen molar-refractivity contribution < 1.29 is 27.8 Å². The van der Waals surface area contributed by atoms with E-state index in [4.69, 9.17) is 9.47 Å². The summed E-state index contributed by atoms with van der Waals surface area (Å²) in [6, 6.07) is 1.32. The Bertz CT molecular complexity index is 334. The summed E-state index contributed by atoms with van der Waals surface area (Å²) >= 11 is 0. The van der Waals surface area contributed by atoms with Gasteiger partial charge in [-0.3, -0.25) is 0 Å². The number of aliphatic hydroxyl groups excluding tert-OH is 1. The molecule has 1 rings (SSSR count). The molecule has 0 aromatic heterocycles. The number of hydrogen-bond donors (Lipinski definition) is 1. The minimum absolute atomic E-state index is 0.212. The van der Waals surface area contributed by atoms with Gasteiger partial charge in [-0.15, -0.1) is 0 Å². The third kappa shape index (κ3) is 3.19. The maximum Gasteiger partial charge on any atom is 0.194 e. The summed E-state index contributed by atoms with van der Waals surface area (Å²) in [5.41, 5.74) is -0.212. The molecule has 3 nitrogen and oxygen atoms in total. The molecule has 1 N–H and O–H groups in total. The molecule has 1 aromatic rings. The first-order valence-corrected chi connectivity index (χ1v) is 4.58. The van der Waals surface area contributed by atoms with Crippen LogP contribution in [0.15, 0.2) is 12.1 Å². The van der Waals surface area contributed by atoms with Crippen LogP contribution in [0.25, 0.3) is 0 Å². The standard InChI is InChI=1S/C10H11F3O3/c1-2-15-5-16-10(14)6-3-7(11)9(13)8(12)4-6/h3-4,10,14H,2,5H2,1H3. The predicted molar refractivity (Wildman–Crippen MR) is 48.9 cm³/mol. The molecule has 1 unspecified atom stereocenters. The molecular weight excluding hydrogens is 225 g/mol. The van der Waals surface area contributed by atoms with Gasteiger partial charge in [-0.25, -0.2) is 13.2 Å². The van der Waals surface area contributed by atoms with Crippen LogP contribution in [0.5, 0.6) is 0 Å². The Kier molecular flexibility index (Phi) is 4.72. The van der Waals surface area contributed by atoms with Gasteiger partial charge >= 0.3 is 0 Å². The van der Waals surface area contributed by atoms with Gasteiger partial charge in [0.05, 0.1) is 0 Å². The molecule has 0 saturated heterocycles. The predicted octanol–water partition coefficient (Wildman–Crippen LogP) is 2.11. The molecule has 1 atom stereocenters. The first kappa shape index (κ1) is 13.0. The molecule has 1 aromatic carbocycles. The minimum Gasteiger partial charge on any atom is -0.364 e. The van der Waals surface area contributed by atoms with Crippen molar-refractivity contribution in [1.82, 2.24) is 0 Å². The van der Waals surface area contributed by atoms with Gasteiger partial charge in [0, 0.05) is 12.2 Å². The lowest BCUT2D eigenvalue weighted by Crippen LogP contribution is -2.08. The molecular formula is C10H11F3O3. The fourth-order valence-corrected chi connectivity index (χ4v) is 1.01. The quantitative estimate of drug-likeness (QED) is 0.483. The van der Waals surface area contributed by atoms with Crippen LogP contribution in [0.2, 0.25) is 0 Å². The van der Waals surface area contributed by atoms with Crippen molar-refractivity contribution in [3.63, 3.8) is 0 Å². The molecule has 90 valence electrons. The summed E-state index contributed by atoms with van der Waals surface area (Å²) < 4.78 is 47.6. The highest BCUT2D eigenvalue weighted by Crippen LogP contribution is 2.20. The van der Waals surface area contributed by atoms with Crippen molar-refractivity contribution in [2.45, 2.75) is 13.2 Å². The highest BCUT2D eigenvalue weighted by atomic mass is 19.2. The molecule has 0 fully saturated rings. The fourth-order valence-electron chi connectivity index (χ4n) is 1.01. The van der Waals surface area contributed by atoms with Gasteiger partial charge in [-0.2, -0.15) is 0 Å². The Morgan fingerprint density at radius 1 is 1.25 bits per heavy atom. The van der Waals surface area contributed by atoms with Crippen molar-refractivity contribution in [3.05, 3.63) is 35.1 Å². The van der Waals surface area contributed by atoms with Gasteiger partial charge in [-0.1, -0.05) is 0 Å². The molecule has 6 heteroatoms. The van der Waals surface area contributed by atoms with Crippen LogP contribution in [-0.4, -0.2) is 18.5 Å². The average molecular weight is 236 g/mol. The minimum atomic E-state index is -1.58. The Hall–Kier alpha value is -1.11. The Balaban J connectivity index is 2.72. The van der Waals surface area contributed by atoms with Crippen molar-refractivity contribution in [1.29, 1.82) is 0 Å². The molecule has 0 radical (unpaired) electrons. The lowest BCUT2D eigenvalue weighted by molar-refractivity contribution is -0.171. The number of benzene rings is 1. The molecule has 0 saturated carbocycles. The van der Waals surface area contributed by atoms with Crippen LogP contribution in [0, 0.1) is 17.5 Å². The third-order valence-corrected chi connectivity index (χ3v) is 1.80. The first-order chi connectivity index (χ1) is 7.56. The highest BCUT2D eigenvalue weighted by molar-refractivity contribution is 5.20. The van der Waals surface area contributed by atoms with Crippen LogP contribution < -0.4 is 0 Å². The van der Waals surface area contributed by atoms with E-state index in [2.05, 4.69) is 0 Å². The summed E-state index contributed by atoms with van der Waals surface area (Å²) in [5.74, 6) is -4.34. The zero-order chi connectivity index (χ0) is 12.1. The second-order valence-corrected chi connectivity index (χ2v) is 2.93. The monoisotopic (exact) mass is 236 g/mol. The van der Waals surface area contributed by atoms with Gasteiger partial charge in [0.2, 0.25) is 0 Å². The van der Waals surface area contributed by atoms with Crippen molar-refractivity contribution >= 4 is 0 Å². The molecule has 16 heavy (non-hydrogen) atoms. The molecule has 0 spiro atoms. The maximum absolute atomic E-state index is 12.8. The van der Waals surface area contributed by atoms with E-state index in [1.807, 2.05) is 0 Å². The SMILES string of the molecule is CCOCOC(O)c1cc(F)c(F)c(F)c1. The maximum atomic E-state index is 12.8. The molecule has 0 amide bonds. The topological polar surface area (TPSA) is 38.7 Å². The van der Waals surface area contributed by atoms with Crippen LogP contribution in [0.4, 0.5) is 13.2 Å². The molecule has 0 bridgehead atoms. The van der Waals surface area contributed by atoms with E-state index in [0.29, 0.717) is 18.7 Å². The normalized spacial score (nSPS) is 12.8. The molecule has 0 heterocycles. The summed E-state index contributed by atoms with van der Waals surface area (Å²) in [6.07, 6.45) is -1.56. The third-order valence-electron chi connectivity index (χ3n) is 1.80. The van der Waals surface area contributed by atoms with Crippen LogP contribution >= 0.6 is 0 Å². The van der Waals surface area contributed by atoms with Gasteiger partial charge in [0.25, 0.3) is 0 Å². The van der Waals surface area contributed by atoms with E-state index in [9.17, 15) is 18.3 Å². The molecule has 0 aliphatic heterocycles. The zero-order valence-electron chi connectivity index (χ0n) is 8.54. The lowest BCUT2D eigenvalue weighted by Gasteiger charge is -2.12. The van der Waals surface area contributed by atoms with Gasteiger partial charge in [0.1, 0.15) is 6.79 Å². The average Bonchev–Trinajstić information content (AvgIpc) is 2.25. The highest BCUT2D eigenvalue weighted by Gasteiger charge is 2.15. The Morgan fingerprint density at radius 3 is 2.31 bits per heavy atom. The summed E-state index contributed by atoms with van der Waals surface area (Å²) in [5, 5.41) is 9.33. The van der Waals surface area contributed by atoms with E-state index < -0.39 is 23.7 Å². The van der Waals surface area contributed by atoms with Gasteiger partial charge < -0.3 is 14.6 Å². The second-order valence-electron chi connectivity index (χ2n) is 2.93. The lowest BCUT2D eigenvalue weighted by atomic mass is 10.2. The number of aliphatic hydroxyl groups is 1. The summed E-state index contributed by atoms with van der Waals surface area (Å²) in [4.78, 5) is 0. The van der Waals surface area contributed by atoms with E-state index in [1.54, 1.807) is 6.92 Å². The second kappa shape index (κ2) is 5.83. The molecule has 0 aliphatic carbocycles. The Labute approximate surface area is 90.4 Å². The van der Waals surface area contributed by atoms with Crippen molar-refractivity contribution in [3.8, 4) is 0 Å². The number of hydrogen-bond acceptors (Lipinski definition) is 3. The van der Waals surface area contributed by atoms with E-state index in [-0.39, 0.29) is 12.4 Å². The van der Waals surface area contributed by atoms with Crippen molar-refractivity contribution in [2.24, 2.45) is 0 Å². The van der Waals surface area contributed by atoms with Crippen molar-refractivity contribution in [2.75, 3.05) is 13.4 Å². The van der Waals surface area contributed by atoms with E-state index in [0.717, 1.165) is 0 Å². The molecule has 0 aliphatic rings. The largest absolute Gasteiger partial charge is 0.364 e. The van der Waals surface area contributed by atoms with Crippen LogP contribution in [0.1, 0.15) is 18.8 Å². The smallest absolute Gasteiger partial charge is 0.194 e. The van der Waals surface area contributed by atoms with E-state index >= 15 is 0 Å². The number of ether oxygens (including phenoxy) is 2. The summed E-state index contributed by atoms with van der Waals surface area (Å²) in [6.45, 7) is 1.87. The summed E-state index contributed by atoms with van der Waals surface area (Å²) in [7, 11) is 0. The number of halogens is 3. The Morgan fingerprint density at radius 2 is 1.81 bits per heavy atom. The van der Waals surface area contributed by atoms with Crippen LogP contribution in [-0.2, 0) is 9.47 Å².